The van der Waals surface area contributed by atoms with Crippen molar-refractivity contribution >= 4 is 41.0 Å². The van der Waals surface area contributed by atoms with Crippen molar-refractivity contribution in [1.29, 1.82) is 0 Å². The first kappa shape index (κ1) is 36.6. The van der Waals surface area contributed by atoms with Crippen LogP contribution in [0.2, 0.25) is 0 Å². The summed E-state index contributed by atoms with van der Waals surface area (Å²) in [6, 6.07) is 24.3. The minimum absolute atomic E-state index is 0.213. The molecule has 1 saturated heterocycles. The predicted molar refractivity (Wildman–Crippen MR) is 187 cm³/mol. The number of hydrogen-bond donors (Lipinski definition) is 2. The topological polar surface area (TPSA) is 143 Å². The molecule has 3 aromatic carbocycles. The number of ether oxygens (including phenoxy) is 4. The number of thioether (sulfide) groups is 1. The van der Waals surface area contributed by atoms with Crippen LogP contribution in [0.25, 0.3) is 0 Å². The van der Waals surface area contributed by atoms with Crippen LogP contribution < -0.4 is 4.72 Å². The molecule has 12 heteroatoms. The summed E-state index contributed by atoms with van der Waals surface area (Å²) >= 11 is -0.356. The standard InChI is InChI=1S/C37H41NO9S2/c1-37(2,3)49(43)38-28-22-14-13-21-27(23-39)48-36-32(46-35(42)26-19-11-6-12-20-26)31(45-34(41)25-17-9-5-10-18-25)30(29(28)47-36)44-33(40)24-15-7-4-8-16-24/h4-20,27-32,36,38-39H,21-23H2,1-3H3/b14-13-/t27?,28-,29?,30?,31?,32?,36?,49?/m1/s1. The van der Waals surface area contributed by atoms with Crippen molar-refractivity contribution in [2.75, 3.05) is 6.61 Å². The fraction of sp³-hybridized carbons (Fsp3) is 0.378. The molecule has 2 bridgehead atoms. The number of aliphatic hydroxyl groups excluding tert-OH is 1. The normalized spacial score (nSPS) is 26.8. The van der Waals surface area contributed by atoms with Gasteiger partial charge < -0.3 is 28.6 Å². The second-order valence-electron chi connectivity index (χ2n) is 12.7. The van der Waals surface area contributed by atoms with Gasteiger partial charge in [-0.15, -0.1) is 16.5 Å². The predicted octanol–water partition coefficient (Wildman–Crippen LogP) is 5.25. The van der Waals surface area contributed by atoms with Gasteiger partial charge >= 0.3 is 17.9 Å². The van der Waals surface area contributed by atoms with Crippen LogP contribution in [0, 0.1) is 0 Å². The highest BCUT2D eigenvalue weighted by molar-refractivity contribution is 8.00. The number of aliphatic hydroxyl groups is 1. The third kappa shape index (κ3) is 9.53. The lowest BCUT2D eigenvalue weighted by Gasteiger charge is -2.47. The Hall–Kier alpha value is -3.65. The van der Waals surface area contributed by atoms with Gasteiger partial charge in [-0.3, -0.25) is 0 Å². The van der Waals surface area contributed by atoms with Gasteiger partial charge in [-0.1, -0.05) is 66.7 Å². The Morgan fingerprint density at radius 3 is 1.69 bits per heavy atom. The molecule has 49 heavy (non-hydrogen) atoms. The fourth-order valence-corrected chi connectivity index (χ4v) is 7.48. The van der Waals surface area contributed by atoms with E-state index >= 15 is 0 Å². The Kier molecular flexibility index (Phi) is 12.6. The summed E-state index contributed by atoms with van der Waals surface area (Å²) in [7, 11) is 0. The van der Waals surface area contributed by atoms with Crippen molar-refractivity contribution < 1.29 is 43.0 Å². The quantitative estimate of drug-likeness (QED) is 0.130. The molecule has 0 aliphatic carbocycles. The maximum Gasteiger partial charge on any atom is 0.338 e. The van der Waals surface area contributed by atoms with E-state index in [9.17, 15) is 24.0 Å². The van der Waals surface area contributed by atoms with E-state index in [1.165, 1.54) is 11.8 Å². The summed E-state index contributed by atoms with van der Waals surface area (Å²) in [6.45, 7) is 5.27. The van der Waals surface area contributed by atoms with Crippen LogP contribution in [0.4, 0.5) is 0 Å². The largest absolute Gasteiger partial charge is 0.598 e. The number of carbonyl (C=O) groups is 3. The zero-order chi connectivity index (χ0) is 35.0. The Labute approximate surface area is 293 Å². The van der Waals surface area contributed by atoms with E-state index < -0.39 is 69.9 Å². The molecule has 2 aliphatic heterocycles. The van der Waals surface area contributed by atoms with Gasteiger partial charge in [0, 0.05) is 16.6 Å². The maximum absolute atomic E-state index is 13.8. The van der Waals surface area contributed by atoms with Crippen molar-refractivity contribution in [3.05, 3.63) is 120 Å². The average molecular weight is 708 g/mol. The molecule has 0 radical (unpaired) electrons. The van der Waals surface area contributed by atoms with Gasteiger partial charge in [0.15, 0.2) is 18.3 Å². The van der Waals surface area contributed by atoms with Gasteiger partial charge in [0.05, 0.1) is 29.3 Å². The first-order valence-electron chi connectivity index (χ1n) is 16.1. The summed E-state index contributed by atoms with van der Waals surface area (Å²) in [4.78, 5) is 41.1. The highest BCUT2D eigenvalue weighted by atomic mass is 32.2. The van der Waals surface area contributed by atoms with Crippen LogP contribution >= 0.6 is 11.8 Å². The average Bonchev–Trinajstić information content (AvgIpc) is 3.11. The van der Waals surface area contributed by atoms with E-state index in [4.69, 9.17) is 18.9 Å². The third-order valence-corrected chi connectivity index (χ3v) is 11.0. The Morgan fingerprint density at radius 2 is 1.22 bits per heavy atom. The number of benzene rings is 3. The molecule has 2 N–H and O–H groups in total. The molecular weight excluding hydrogens is 667 g/mol. The van der Waals surface area contributed by atoms with E-state index in [0.717, 1.165) is 0 Å². The molecule has 0 amide bonds. The summed E-state index contributed by atoms with van der Waals surface area (Å²) in [5.41, 5.74) is -0.263. The minimum atomic E-state index is -1.58. The smallest absolute Gasteiger partial charge is 0.338 e. The fourth-order valence-electron chi connectivity index (χ4n) is 5.38. The number of hydrogen-bond acceptors (Lipinski definition) is 11. The molecule has 7 unspecified atom stereocenters. The van der Waals surface area contributed by atoms with Crippen LogP contribution in [-0.2, 0) is 30.3 Å². The van der Waals surface area contributed by atoms with Crippen LogP contribution in [0.3, 0.4) is 0 Å². The van der Waals surface area contributed by atoms with Crippen LogP contribution in [0.5, 0.6) is 0 Å². The lowest BCUT2D eigenvalue weighted by atomic mass is 9.92. The lowest BCUT2D eigenvalue weighted by Crippen LogP contribution is -2.66. The van der Waals surface area contributed by atoms with Crippen LogP contribution in [0.15, 0.2) is 103 Å². The highest BCUT2D eigenvalue weighted by Crippen LogP contribution is 2.40. The number of esters is 3. The molecule has 2 aliphatic rings. The SMILES string of the molecule is CC(C)(C)[S+]([O-])N[C@@H]1C/C=C\CC(CO)SC2OC1C(OC(=O)c1ccccc1)C(OC(=O)c1ccccc1)C2OC(=O)c1ccccc1. The number of allylic oxidation sites excluding steroid dienone is 1. The molecule has 1 fully saturated rings. The van der Waals surface area contributed by atoms with E-state index in [1.807, 2.05) is 32.9 Å². The zero-order valence-electron chi connectivity index (χ0n) is 27.5. The van der Waals surface area contributed by atoms with Crippen molar-refractivity contribution in [3.63, 3.8) is 0 Å². The zero-order valence-corrected chi connectivity index (χ0v) is 29.1. The molecule has 0 spiro atoms. The van der Waals surface area contributed by atoms with Gasteiger partial charge in [0.2, 0.25) is 0 Å². The van der Waals surface area contributed by atoms with Gasteiger partial charge in [0.25, 0.3) is 0 Å². The first-order valence-corrected chi connectivity index (χ1v) is 18.2. The third-order valence-electron chi connectivity index (χ3n) is 7.99. The Balaban J connectivity index is 1.63. The summed E-state index contributed by atoms with van der Waals surface area (Å²) in [5.74, 6) is -2.15. The van der Waals surface area contributed by atoms with Crippen molar-refractivity contribution in [2.24, 2.45) is 0 Å². The number of fused-ring (bicyclic) bond motifs is 2. The monoisotopic (exact) mass is 707 g/mol. The van der Waals surface area contributed by atoms with Crippen LogP contribution in [-0.4, -0.2) is 80.1 Å². The Bertz CT molecular complexity index is 1570. The second kappa shape index (κ2) is 16.8. The summed E-state index contributed by atoms with van der Waals surface area (Å²) in [5, 5.41) is 9.93. The molecule has 10 nitrogen and oxygen atoms in total. The summed E-state index contributed by atoms with van der Waals surface area (Å²) in [6.07, 6.45) is -0.462. The molecule has 0 aromatic heterocycles. The maximum atomic E-state index is 13.8. The first-order chi connectivity index (χ1) is 23.5. The van der Waals surface area contributed by atoms with Gasteiger partial charge in [-0.05, 0) is 70.0 Å². The molecular formula is C37H41NO9S2. The summed E-state index contributed by atoms with van der Waals surface area (Å²) < 4.78 is 41.3. The van der Waals surface area contributed by atoms with Crippen molar-refractivity contribution in [1.82, 2.24) is 4.72 Å². The lowest BCUT2D eigenvalue weighted by molar-refractivity contribution is -0.205. The van der Waals surface area contributed by atoms with Gasteiger partial charge in [0.1, 0.15) is 16.3 Å². The van der Waals surface area contributed by atoms with Gasteiger partial charge in [-0.2, -0.15) is 0 Å². The van der Waals surface area contributed by atoms with E-state index in [1.54, 1.807) is 91.0 Å². The molecule has 260 valence electrons. The molecule has 5 rings (SSSR count). The molecule has 2 heterocycles. The second-order valence-corrected chi connectivity index (χ2v) is 16.1. The van der Waals surface area contributed by atoms with E-state index in [-0.39, 0.29) is 28.5 Å². The van der Waals surface area contributed by atoms with Crippen LogP contribution in [0.1, 0.15) is 64.7 Å². The van der Waals surface area contributed by atoms with E-state index in [0.29, 0.717) is 12.8 Å². The van der Waals surface area contributed by atoms with Gasteiger partial charge in [-0.25, -0.2) is 14.4 Å². The van der Waals surface area contributed by atoms with Crippen molar-refractivity contribution in [3.8, 4) is 0 Å². The minimum Gasteiger partial charge on any atom is -0.598 e. The highest BCUT2D eigenvalue weighted by Gasteiger charge is 2.56. The van der Waals surface area contributed by atoms with E-state index in [2.05, 4.69) is 4.72 Å². The number of nitrogens with one attached hydrogen (secondary N) is 1. The number of carbonyl (C=O) groups excluding carboxylic acids is 3. The Morgan fingerprint density at radius 1 is 0.776 bits per heavy atom. The molecule has 8 atom stereocenters. The van der Waals surface area contributed by atoms with Crippen molar-refractivity contribution in [2.45, 2.75) is 79.5 Å². The number of rotatable bonds is 9. The molecule has 3 aromatic rings. The molecule has 0 saturated carbocycles.